The van der Waals surface area contributed by atoms with Gasteiger partial charge in [-0.2, -0.15) is 0 Å². The average molecular weight is 225 g/mol. The summed E-state index contributed by atoms with van der Waals surface area (Å²) in [6, 6.07) is 0.0768. The predicted molar refractivity (Wildman–Crippen MR) is 64.2 cm³/mol. The summed E-state index contributed by atoms with van der Waals surface area (Å²) < 4.78 is 0. The second kappa shape index (κ2) is 5.04. The lowest BCUT2D eigenvalue weighted by Crippen LogP contribution is -2.53. The second-order valence-electron chi connectivity index (χ2n) is 5.28. The quantitative estimate of drug-likeness (QED) is 0.747. The molecule has 2 aliphatic rings. The summed E-state index contributed by atoms with van der Waals surface area (Å²) in [7, 11) is 0. The Balaban J connectivity index is 1.75. The predicted octanol–water partition coefficient (Wildman–Crippen LogP) is 1.45. The SMILES string of the molecule is NC1(CNC(=O)N2CCCC2)CCCCC1. The molecule has 0 aromatic heterocycles. The number of urea groups is 1. The van der Waals surface area contributed by atoms with E-state index in [0.29, 0.717) is 6.54 Å². The van der Waals surface area contributed by atoms with Crippen LogP contribution in [0.1, 0.15) is 44.9 Å². The highest BCUT2D eigenvalue weighted by molar-refractivity contribution is 5.74. The standard InChI is InChI=1S/C12H23N3O/c13-12(6-2-1-3-7-12)10-14-11(16)15-8-4-5-9-15/h1-10,13H2,(H,14,16). The molecule has 0 aromatic rings. The molecule has 3 N–H and O–H groups in total. The largest absolute Gasteiger partial charge is 0.336 e. The van der Waals surface area contributed by atoms with Crippen LogP contribution in [0, 0.1) is 0 Å². The number of hydrogen-bond donors (Lipinski definition) is 2. The minimum absolute atomic E-state index is 0.0768. The molecule has 1 heterocycles. The van der Waals surface area contributed by atoms with E-state index in [2.05, 4.69) is 5.32 Å². The summed E-state index contributed by atoms with van der Waals surface area (Å²) in [6.45, 7) is 2.45. The van der Waals surface area contributed by atoms with Gasteiger partial charge in [0, 0.05) is 25.2 Å². The summed E-state index contributed by atoms with van der Waals surface area (Å²) in [6.07, 6.45) is 8.08. The van der Waals surface area contributed by atoms with Crippen LogP contribution in [-0.4, -0.2) is 36.1 Å². The molecule has 0 radical (unpaired) electrons. The molecule has 1 saturated carbocycles. The molecular formula is C12H23N3O. The molecule has 0 bridgehead atoms. The Bertz CT molecular complexity index is 243. The third-order valence-corrected chi connectivity index (χ3v) is 3.83. The molecular weight excluding hydrogens is 202 g/mol. The highest BCUT2D eigenvalue weighted by Crippen LogP contribution is 2.25. The maximum Gasteiger partial charge on any atom is 0.317 e. The van der Waals surface area contributed by atoms with Crippen LogP contribution in [0.4, 0.5) is 4.79 Å². The Morgan fingerprint density at radius 2 is 1.75 bits per heavy atom. The number of rotatable bonds is 2. The van der Waals surface area contributed by atoms with E-state index in [4.69, 9.17) is 5.73 Å². The summed E-state index contributed by atoms with van der Waals surface area (Å²) >= 11 is 0. The van der Waals surface area contributed by atoms with E-state index in [1.807, 2.05) is 4.90 Å². The van der Waals surface area contributed by atoms with E-state index in [0.717, 1.165) is 38.8 Å². The Kier molecular flexibility index (Phi) is 3.69. The van der Waals surface area contributed by atoms with Gasteiger partial charge in [-0.3, -0.25) is 0 Å². The first-order valence-electron chi connectivity index (χ1n) is 6.51. The van der Waals surface area contributed by atoms with E-state index >= 15 is 0 Å². The van der Waals surface area contributed by atoms with Crippen molar-refractivity contribution >= 4 is 6.03 Å². The molecule has 2 rings (SSSR count). The molecule has 1 aliphatic carbocycles. The van der Waals surface area contributed by atoms with Crippen LogP contribution in [0.3, 0.4) is 0 Å². The number of carbonyl (C=O) groups is 1. The molecule has 16 heavy (non-hydrogen) atoms. The van der Waals surface area contributed by atoms with Crippen LogP contribution in [0.15, 0.2) is 0 Å². The van der Waals surface area contributed by atoms with E-state index in [1.165, 1.54) is 19.3 Å². The van der Waals surface area contributed by atoms with Gasteiger partial charge in [0.25, 0.3) is 0 Å². The number of likely N-dealkylation sites (tertiary alicyclic amines) is 1. The third-order valence-electron chi connectivity index (χ3n) is 3.83. The van der Waals surface area contributed by atoms with Crippen LogP contribution >= 0.6 is 0 Å². The maximum atomic E-state index is 11.8. The van der Waals surface area contributed by atoms with Gasteiger partial charge in [0.15, 0.2) is 0 Å². The molecule has 2 fully saturated rings. The normalized spacial score (nSPS) is 24.4. The fourth-order valence-electron chi connectivity index (χ4n) is 2.72. The molecule has 2 amide bonds. The summed E-state index contributed by atoms with van der Waals surface area (Å²) in [5.41, 5.74) is 6.13. The Labute approximate surface area is 97.6 Å². The van der Waals surface area contributed by atoms with Crippen LogP contribution in [-0.2, 0) is 0 Å². The average Bonchev–Trinajstić information content (AvgIpc) is 2.80. The zero-order valence-electron chi connectivity index (χ0n) is 10.0. The van der Waals surface area contributed by atoms with Gasteiger partial charge in [0.05, 0.1) is 0 Å². The maximum absolute atomic E-state index is 11.8. The summed E-state index contributed by atoms with van der Waals surface area (Å²) in [5.74, 6) is 0. The van der Waals surface area contributed by atoms with Gasteiger partial charge in [-0.15, -0.1) is 0 Å². The zero-order valence-corrected chi connectivity index (χ0v) is 10.0. The highest BCUT2D eigenvalue weighted by Gasteiger charge is 2.28. The van der Waals surface area contributed by atoms with Crippen molar-refractivity contribution in [3.63, 3.8) is 0 Å². The Morgan fingerprint density at radius 1 is 1.12 bits per heavy atom. The van der Waals surface area contributed by atoms with Crippen molar-refractivity contribution in [2.75, 3.05) is 19.6 Å². The first-order chi connectivity index (χ1) is 7.70. The number of carbonyl (C=O) groups excluding carboxylic acids is 1. The molecule has 4 heteroatoms. The lowest BCUT2D eigenvalue weighted by atomic mass is 9.82. The van der Waals surface area contributed by atoms with Crippen molar-refractivity contribution < 1.29 is 4.79 Å². The van der Waals surface area contributed by atoms with E-state index < -0.39 is 0 Å². The van der Waals surface area contributed by atoms with Crippen molar-refractivity contribution in [3.05, 3.63) is 0 Å². The van der Waals surface area contributed by atoms with E-state index in [-0.39, 0.29) is 11.6 Å². The molecule has 0 spiro atoms. The van der Waals surface area contributed by atoms with Crippen LogP contribution in [0.25, 0.3) is 0 Å². The van der Waals surface area contributed by atoms with Crippen molar-refractivity contribution in [3.8, 4) is 0 Å². The molecule has 0 atom stereocenters. The van der Waals surface area contributed by atoms with Crippen molar-refractivity contribution in [1.82, 2.24) is 10.2 Å². The lowest BCUT2D eigenvalue weighted by Gasteiger charge is -2.34. The monoisotopic (exact) mass is 225 g/mol. The van der Waals surface area contributed by atoms with Crippen molar-refractivity contribution in [2.45, 2.75) is 50.5 Å². The van der Waals surface area contributed by atoms with Gasteiger partial charge >= 0.3 is 6.03 Å². The van der Waals surface area contributed by atoms with Gasteiger partial charge in [-0.05, 0) is 25.7 Å². The Morgan fingerprint density at radius 3 is 2.38 bits per heavy atom. The summed E-state index contributed by atoms with van der Waals surface area (Å²) in [4.78, 5) is 13.7. The Hall–Kier alpha value is -0.770. The van der Waals surface area contributed by atoms with Gasteiger partial charge < -0.3 is 16.0 Å². The molecule has 0 unspecified atom stereocenters. The van der Waals surface area contributed by atoms with Crippen LogP contribution < -0.4 is 11.1 Å². The topological polar surface area (TPSA) is 58.4 Å². The minimum Gasteiger partial charge on any atom is -0.336 e. The second-order valence-corrected chi connectivity index (χ2v) is 5.28. The highest BCUT2D eigenvalue weighted by atomic mass is 16.2. The van der Waals surface area contributed by atoms with E-state index in [1.54, 1.807) is 0 Å². The number of hydrogen-bond acceptors (Lipinski definition) is 2. The zero-order chi connectivity index (χ0) is 11.4. The molecule has 4 nitrogen and oxygen atoms in total. The number of nitrogens with one attached hydrogen (secondary N) is 1. The van der Waals surface area contributed by atoms with Crippen LogP contribution in [0.2, 0.25) is 0 Å². The molecule has 1 saturated heterocycles. The minimum atomic E-state index is -0.145. The van der Waals surface area contributed by atoms with Crippen molar-refractivity contribution in [2.24, 2.45) is 5.73 Å². The molecule has 1 aliphatic heterocycles. The van der Waals surface area contributed by atoms with Gasteiger partial charge in [0.1, 0.15) is 0 Å². The number of amides is 2. The first kappa shape index (κ1) is 11.7. The summed E-state index contributed by atoms with van der Waals surface area (Å²) in [5, 5.41) is 3.00. The third kappa shape index (κ3) is 2.88. The molecule has 92 valence electrons. The smallest absolute Gasteiger partial charge is 0.317 e. The van der Waals surface area contributed by atoms with Gasteiger partial charge in [-0.1, -0.05) is 19.3 Å². The van der Waals surface area contributed by atoms with Crippen molar-refractivity contribution in [1.29, 1.82) is 0 Å². The fourth-order valence-corrected chi connectivity index (χ4v) is 2.72. The van der Waals surface area contributed by atoms with Crippen LogP contribution in [0.5, 0.6) is 0 Å². The number of nitrogens with zero attached hydrogens (tertiary/aromatic N) is 1. The van der Waals surface area contributed by atoms with Gasteiger partial charge in [0.2, 0.25) is 0 Å². The fraction of sp³-hybridized carbons (Fsp3) is 0.917. The van der Waals surface area contributed by atoms with E-state index in [9.17, 15) is 4.79 Å². The number of nitrogens with two attached hydrogens (primary N) is 1. The lowest BCUT2D eigenvalue weighted by molar-refractivity contribution is 0.201. The van der Waals surface area contributed by atoms with Gasteiger partial charge in [-0.25, -0.2) is 4.79 Å². The first-order valence-corrected chi connectivity index (χ1v) is 6.51. The molecule has 0 aromatic carbocycles.